The van der Waals surface area contributed by atoms with Crippen molar-refractivity contribution < 1.29 is 4.79 Å². The molecule has 4 nitrogen and oxygen atoms in total. The molecule has 0 radical (unpaired) electrons. The predicted octanol–water partition coefficient (Wildman–Crippen LogP) is 0.745. The zero-order chi connectivity index (χ0) is 11.8. The predicted molar refractivity (Wildman–Crippen MR) is 65.2 cm³/mol. The van der Waals surface area contributed by atoms with Crippen LogP contribution in [-0.2, 0) is 4.79 Å². The van der Waals surface area contributed by atoms with Crippen LogP contribution in [0.2, 0.25) is 0 Å². The summed E-state index contributed by atoms with van der Waals surface area (Å²) in [5.41, 5.74) is 6.04. The van der Waals surface area contributed by atoms with Crippen LogP contribution in [0.15, 0.2) is 24.3 Å². The van der Waals surface area contributed by atoms with E-state index in [1.165, 1.54) is 11.1 Å². The Morgan fingerprint density at radius 1 is 1.35 bits per heavy atom. The second kappa shape index (κ2) is 4.13. The van der Waals surface area contributed by atoms with Gasteiger partial charge in [0.2, 0.25) is 5.91 Å². The van der Waals surface area contributed by atoms with E-state index in [9.17, 15) is 4.79 Å². The van der Waals surface area contributed by atoms with E-state index in [0.717, 1.165) is 19.5 Å². The van der Waals surface area contributed by atoms with Gasteiger partial charge in [0.05, 0.1) is 0 Å². The lowest BCUT2D eigenvalue weighted by Gasteiger charge is -2.28. The van der Waals surface area contributed by atoms with Crippen molar-refractivity contribution in [1.29, 1.82) is 0 Å². The van der Waals surface area contributed by atoms with Crippen molar-refractivity contribution in [3.8, 4) is 0 Å². The van der Waals surface area contributed by atoms with E-state index in [1.54, 1.807) is 0 Å². The second-order valence-corrected chi connectivity index (χ2v) is 4.77. The maximum Gasteiger partial charge on any atom is 0.238 e. The molecular weight excluding hydrogens is 214 g/mol. The molecule has 17 heavy (non-hydrogen) atoms. The number of hydrogen-bond acceptors (Lipinski definition) is 3. The fraction of sp³-hybridized carbons (Fsp3) is 0.462. The molecule has 1 aromatic rings. The Hall–Kier alpha value is -1.39. The second-order valence-electron chi connectivity index (χ2n) is 4.77. The summed E-state index contributed by atoms with van der Waals surface area (Å²) in [6, 6.07) is 8.63. The maximum atomic E-state index is 11.7. The summed E-state index contributed by atoms with van der Waals surface area (Å²) in [4.78, 5) is 11.7. The molecule has 2 aliphatic heterocycles. The fourth-order valence-electron chi connectivity index (χ4n) is 2.75. The minimum Gasteiger partial charge on any atom is -0.353 e. The van der Waals surface area contributed by atoms with Crippen LogP contribution in [0.3, 0.4) is 0 Å². The first kappa shape index (κ1) is 10.7. The molecule has 0 aromatic heterocycles. The lowest BCUT2D eigenvalue weighted by molar-refractivity contribution is -0.128. The van der Waals surface area contributed by atoms with Crippen LogP contribution in [0.5, 0.6) is 0 Å². The molecule has 0 bridgehead atoms. The molecule has 0 spiro atoms. The van der Waals surface area contributed by atoms with Gasteiger partial charge >= 0.3 is 0 Å². The van der Waals surface area contributed by atoms with Crippen LogP contribution >= 0.6 is 0 Å². The molecule has 0 saturated carbocycles. The van der Waals surface area contributed by atoms with Gasteiger partial charge in [-0.05, 0) is 24.5 Å². The van der Waals surface area contributed by atoms with Gasteiger partial charge in [-0.3, -0.25) is 4.79 Å². The topological polar surface area (TPSA) is 44.4 Å². The van der Waals surface area contributed by atoms with Gasteiger partial charge < -0.3 is 5.32 Å². The van der Waals surface area contributed by atoms with Gasteiger partial charge in [-0.1, -0.05) is 24.3 Å². The SMILES string of the molecule is Cc1ccccc1C1CC2C(=O)NCCN2N1. The van der Waals surface area contributed by atoms with E-state index < -0.39 is 0 Å². The minimum atomic E-state index is -0.00615. The summed E-state index contributed by atoms with van der Waals surface area (Å²) in [5, 5.41) is 5.00. The minimum absolute atomic E-state index is 0.00615. The van der Waals surface area contributed by atoms with Gasteiger partial charge in [0.15, 0.2) is 0 Å². The molecule has 1 aromatic carbocycles. The third-order valence-corrected chi connectivity index (χ3v) is 3.68. The summed E-state index contributed by atoms with van der Waals surface area (Å²) < 4.78 is 0. The van der Waals surface area contributed by atoms with Crippen molar-refractivity contribution in [2.24, 2.45) is 0 Å². The van der Waals surface area contributed by atoms with Crippen molar-refractivity contribution >= 4 is 5.91 Å². The van der Waals surface area contributed by atoms with E-state index in [2.05, 4.69) is 40.9 Å². The smallest absolute Gasteiger partial charge is 0.238 e. The Morgan fingerprint density at radius 2 is 2.18 bits per heavy atom. The standard InChI is InChI=1S/C13H17N3O/c1-9-4-2-3-5-10(9)11-8-12-13(17)14-6-7-16(12)15-11/h2-5,11-12,15H,6-8H2,1H3,(H,14,17). The first-order valence-electron chi connectivity index (χ1n) is 6.12. The lowest BCUT2D eigenvalue weighted by Crippen LogP contribution is -2.54. The Balaban J connectivity index is 1.84. The highest BCUT2D eigenvalue weighted by molar-refractivity contribution is 5.82. The van der Waals surface area contributed by atoms with Crippen LogP contribution in [-0.4, -0.2) is 30.0 Å². The number of rotatable bonds is 1. The third-order valence-electron chi connectivity index (χ3n) is 3.68. The number of nitrogens with zero attached hydrogens (tertiary/aromatic N) is 1. The first-order chi connectivity index (χ1) is 8.25. The molecule has 2 fully saturated rings. The van der Waals surface area contributed by atoms with Crippen molar-refractivity contribution in [3.05, 3.63) is 35.4 Å². The molecule has 2 unspecified atom stereocenters. The Bertz CT molecular complexity index is 446. The van der Waals surface area contributed by atoms with Crippen LogP contribution in [0.25, 0.3) is 0 Å². The number of nitrogens with one attached hydrogen (secondary N) is 2. The average molecular weight is 231 g/mol. The van der Waals surface area contributed by atoms with Gasteiger partial charge in [-0.25, -0.2) is 10.4 Å². The molecule has 3 rings (SSSR count). The van der Waals surface area contributed by atoms with Gasteiger partial charge in [0, 0.05) is 19.1 Å². The van der Waals surface area contributed by atoms with Gasteiger partial charge in [-0.15, -0.1) is 0 Å². The van der Waals surface area contributed by atoms with Gasteiger partial charge in [0.1, 0.15) is 6.04 Å². The normalized spacial score (nSPS) is 28.9. The Morgan fingerprint density at radius 3 is 2.94 bits per heavy atom. The van der Waals surface area contributed by atoms with E-state index >= 15 is 0 Å². The highest BCUT2D eigenvalue weighted by Crippen LogP contribution is 2.30. The number of amides is 1. The lowest BCUT2D eigenvalue weighted by atomic mass is 9.97. The molecule has 2 aliphatic rings. The molecular formula is C13H17N3O. The summed E-state index contributed by atoms with van der Waals surface area (Å²) >= 11 is 0. The molecule has 0 aliphatic carbocycles. The van der Waals surface area contributed by atoms with E-state index in [1.807, 2.05) is 6.07 Å². The van der Waals surface area contributed by atoms with E-state index in [-0.39, 0.29) is 18.0 Å². The molecule has 2 saturated heterocycles. The number of aryl methyl sites for hydroxylation is 1. The number of hydrazine groups is 1. The monoisotopic (exact) mass is 231 g/mol. The Kier molecular flexibility index (Phi) is 2.61. The molecule has 4 heteroatoms. The number of piperazine rings is 1. The van der Waals surface area contributed by atoms with E-state index in [0.29, 0.717) is 0 Å². The summed E-state index contributed by atoms with van der Waals surface area (Å²) in [5.74, 6) is 0.153. The highest BCUT2D eigenvalue weighted by atomic mass is 16.2. The van der Waals surface area contributed by atoms with Crippen LogP contribution < -0.4 is 10.7 Å². The fourth-order valence-corrected chi connectivity index (χ4v) is 2.75. The van der Waals surface area contributed by atoms with Crippen molar-refractivity contribution in [3.63, 3.8) is 0 Å². The van der Waals surface area contributed by atoms with Crippen LogP contribution in [0.1, 0.15) is 23.6 Å². The Labute approximate surface area is 101 Å². The number of hydrogen-bond donors (Lipinski definition) is 2. The molecule has 90 valence electrons. The first-order valence-corrected chi connectivity index (χ1v) is 6.12. The van der Waals surface area contributed by atoms with Gasteiger partial charge in [-0.2, -0.15) is 0 Å². The number of benzene rings is 1. The maximum absolute atomic E-state index is 11.7. The van der Waals surface area contributed by atoms with Crippen LogP contribution in [0.4, 0.5) is 0 Å². The molecule has 1 amide bonds. The average Bonchev–Trinajstić information content (AvgIpc) is 2.75. The summed E-state index contributed by atoms with van der Waals surface area (Å²) in [6.45, 7) is 3.75. The third kappa shape index (κ3) is 1.83. The largest absolute Gasteiger partial charge is 0.353 e. The number of fused-ring (bicyclic) bond motifs is 1. The summed E-state index contributed by atoms with van der Waals surface area (Å²) in [6.07, 6.45) is 0.858. The van der Waals surface area contributed by atoms with Crippen molar-refractivity contribution in [2.75, 3.05) is 13.1 Å². The van der Waals surface area contributed by atoms with Gasteiger partial charge in [0.25, 0.3) is 0 Å². The molecule has 2 atom stereocenters. The van der Waals surface area contributed by atoms with E-state index in [4.69, 9.17) is 0 Å². The zero-order valence-electron chi connectivity index (χ0n) is 9.94. The number of carbonyl (C=O) groups is 1. The molecule has 2 N–H and O–H groups in total. The quantitative estimate of drug-likeness (QED) is 0.749. The van der Waals surface area contributed by atoms with Crippen molar-refractivity contribution in [2.45, 2.75) is 25.4 Å². The zero-order valence-corrected chi connectivity index (χ0v) is 9.94. The molecule has 2 heterocycles. The highest BCUT2D eigenvalue weighted by Gasteiger charge is 2.39. The summed E-state index contributed by atoms with van der Waals surface area (Å²) in [7, 11) is 0. The van der Waals surface area contributed by atoms with Crippen molar-refractivity contribution in [1.82, 2.24) is 15.8 Å². The number of carbonyl (C=O) groups excluding carboxylic acids is 1. The van der Waals surface area contributed by atoms with Crippen LogP contribution in [0, 0.1) is 6.92 Å².